The molecule has 0 spiro atoms. The maximum atomic E-state index is 12.8. The third kappa shape index (κ3) is 5.88. The molecule has 31 heavy (non-hydrogen) atoms. The van der Waals surface area contributed by atoms with Crippen LogP contribution in [-0.4, -0.2) is 51.6 Å². The third-order valence-electron chi connectivity index (χ3n) is 4.56. The zero-order valence-electron chi connectivity index (χ0n) is 16.6. The fraction of sp³-hybridized carbons (Fsp3) is 0.350. The molecule has 0 bridgehead atoms. The van der Waals surface area contributed by atoms with E-state index in [4.69, 9.17) is 9.47 Å². The fourth-order valence-corrected chi connectivity index (χ4v) is 4.02. The summed E-state index contributed by atoms with van der Waals surface area (Å²) in [5.74, 6) is 0.0818. The van der Waals surface area contributed by atoms with Crippen molar-refractivity contribution in [2.75, 3.05) is 31.0 Å². The van der Waals surface area contributed by atoms with Gasteiger partial charge in [0.15, 0.2) is 6.10 Å². The van der Waals surface area contributed by atoms with E-state index in [1.54, 1.807) is 11.8 Å². The molecule has 1 atom stereocenters. The van der Waals surface area contributed by atoms with Crippen LogP contribution in [-0.2, 0) is 25.7 Å². The van der Waals surface area contributed by atoms with Crippen molar-refractivity contribution in [3.63, 3.8) is 0 Å². The number of ether oxygens (including phenoxy) is 2. The van der Waals surface area contributed by atoms with Gasteiger partial charge in [0.25, 0.3) is 15.9 Å². The standard InChI is InChI=1S/C20H21F3N2O5S/c1-14(19(26)25-9-11-29-12-10-25)30-17-5-7-18(8-6-17)31(27,28)24-16-4-2-3-15(13-16)20(21,22)23/h2-8,13-14,24H,9-12H2,1H3/t14-/m1/s1. The lowest BCUT2D eigenvalue weighted by Crippen LogP contribution is -2.46. The van der Waals surface area contributed by atoms with Crippen molar-refractivity contribution in [2.45, 2.75) is 24.1 Å². The van der Waals surface area contributed by atoms with Crippen LogP contribution in [0.1, 0.15) is 12.5 Å². The van der Waals surface area contributed by atoms with E-state index < -0.39 is 27.9 Å². The molecule has 3 rings (SSSR count). The minimum atomic E-state index is -4.59. The summed E-state index contributed by atoms with van der Waals surface area (Å²) >= 11 is 0. The van der Waals surface area contributed by atoms with E-state index in [1.807, 2.05) is 0 Å². The van der Waals surface area contributed by atoms with Gasteiger partial charge in [-0.05, 0) is 49.4 Å². The van der Waals surface area contributed by atoms with E-state index in [0.717, 1.165) is 12.1 Å². The molecule has 2 aromatic carbocycles. The second-order valence-corrected chi connectivity index (χ2v) is 8.54. The number of morpholine rings is 1. The van der Waals surface area contributed by atoms with E-state index in [0.29, 0.717) is 32.4 Å². The summed E-state index contributed by atoms with van der Waals surface area (Å²) in [6.45, 7) is 3.47. The van der Waals surface area contributed by atoms with Gasteiger partial charge in [-0.15, -0.1) is 0 Å². The average Bonchev–Trinajstić information content (AvgIpc) is 2.73. The number of benzene rings is 2. The Balaban J connectivity index is 1.66. The van der Waals surface area contributed by atoms with E-state index in [-0.39, 0.29) is 22.2 Å². The molecule has 1 amide bonds. The SMILES string of the molecule is C[C@@H](Oc1ccc(S(=O)(=O)Nc2cccc(C(F)(F)F)c2)cc1)C(=O)N1CCOCC1. The summed E-state index contributed by atoms with van der Waals surface area (Å²) in [6.07, 6.45) is -5.36. The number of amides is 1. The number of hydrogen-bond acceptors (Lipinski definition) is 5. The maximum absolute atomic E-state index is 12.8. The number of sulfonamides is 1. The molecule has 168 valence electrons. The Morgan fingerprint density at radius 3 is 2.39 bits per heavy atom. The highest BCUT2D eigenvalue weighted by Gasteiger charge is 2.31. The van der Waals surface area contributed by atoms with E-state index in [9.17, 15) is 26.4 Å². The van der Waals surface area contributed by atoms with Crippen molar-refractivity contribution in [3.8, 4) is 5.75 Å². The Hall–Kier alpha value is -2.79. The molecule has 1 N–H and O–H groups in total. The maximum Gasteiger partial charge on any atom is 0.416 e. The zero-order chi connectivity index (χ0) is 22.6. The third-order valence-corrected chi connectivity index (χ3v) is 5.96. The molecule has 1 aliphatic heterocycles. The van der Waals surface area contributed by atoms with Gasteiger partial charge in [0.2, 0.25) is 0 Å². The predicted molar refractivity (Wildman–Crippen MR) is 106 cm³/mol. The summed E-state index contributed by atoms with van der Waals surface area (Å²) in [7, 11) is -4.12. The van der Waals surface area contributed by atoms with E-state index in [2.05, 4.69) is 4.72 Å². The van der Waals surface area contributed by atoms with Crippen molar-refractivity contribution in [1.82, 2.24) is 4.90 Å². The molecular formula is C20H21F3N2O5S. The van der Waals surface area contributed by atoms with Crippen LogP contribution in [0.15, 0.2) is 53.4 Å². The molecule has 0 aliphatic carbocycles. The van der Waals surface area contributed by atoms with Crippen molar-refractivity contribution >= 4 is 21.6 Å². The lowest BCUT2D eigenvalue weighted by Gasteiger charge is -2.29. The van der Waals surface area contributed by atoms with Crippen molar-refractivity contribution in [2.24, 2.45) is 0 Å². The van der Waals surface area contributed by atoms with Crippen molar-refractivity contribution in [1.29, 1.82) is 0 Å². The van der Waals surface area contributed by atoms with Gasteiger partial charge in [-0.2, -0.15) is 13.2 Å². The molecule has 0 radical (unpaired) electrons. The van der Waals surface area contributed by atoms with Crippen LogP contribution in [0.4, 0.5) is 18.9 Å². The quantitative estimate of drug-likeness (QED) is 0.719. The molecule has 0 aromatic heterocycles. The second kappa shape index (κ2) is 9.15. The number of alkyl halides is 3. The highest BCUT2D eigenvalue weighted by Crippen LogP contribution is 2.31. The molecule has 1 aliphatic rings. The minimum Gasteiger partial charge on any atom is -0.481 e. The number of nitrogens with zero attached hydrogens (tertiary/aromatic N) is 1. The van der Waals surface area contributed by atoms with Crippen LogP contribution in [0.5, 0.6) is 5.75 Å². The number of anilines is 1. The molecular weight excluding hydrogens is 437 g/mol. The second-order valence-electron chi connectivity index (χ2n) is 6.85. The zero-order valence-corrected chi connectivity index (χ0v) is 17.4. The molecule has 2 aromatic rings. The first-order valence-corrected chi connectivity index (χ1v) is 10.9. The normalized spacial score (nSPS) is 15.9. The number of nitrogens with one attached hydrogen (secondary N) is 1. The number of carbonyl (C=O) groups excluding carboxylic acids is 1. The Bertz CT molecular complexity index is 1020. The lowest BCUT2D eigenvalue weighted by atomic mass is 10.2. The van der Waals surface area contributed by atoms with Gasteiger partial charge in [0, 0.05) is 18.8 Å². The molecule has 7 nitrogen and oxygen atoms in total. The average molecular weight is 458 g/mol. The van der Waals surface area contributed by atoms with Gasteiger partial charge in [0.1, 0.15) is 5.75 Å². The lowest BCUT2D eigenvalue weighted by molar-refractivity contribution is -0.142. The first-order chi connectivity index (χ1) is 14.6. The number of rotatable bonds is 6. The van der Waals surface area contributed by atoms with Crippen molar-refractivity contribution in [3.05, 3.63) is 54.1 Å². The smallest absolute Gasteiger partial charge is 0.416 e. The van der Waals surface area contributed by atoms with Crippen LogP contribution < -0.4 is 9.46 Å². The molecule has 1 fully saturated rings. The number of hydrogen-bond donors (Lipinski definition) is 1. The van der Waals surface area contributed by atoms with Gasteiger partial charge in [-0.3, -0.25) is 9.52 Å². The Labute approximate surface area is 177 Å². The highest BCUT2D eigenvalue weighted by molar-refractivity contribution is 7.92. The summed E-state index contributed by atoms with van der Waals surface area (Å²) < 4.78 is 76.4. The van der Waals surface area contributed by atoms with E-state index in [1.165, 1.54) is 30.3 Å². The number of carbonyl (C=O) groups is 1. The van der Waals surface area contributed by atoms with Crippen LogP contribution in [0.25, 0.3) is 0 Å². The monoisotopic (exact) mass is 458 g/mol. The molecule has 0 saturated carbocycles. The molecule has 1 saturated heterocycles. The summed E-state index contributed by atoms with van der Waals surface area (Å²) in [4.78, 5) is 13.9. The van der Waals surface area contributed by atoms with Crippen LogP contribution in [0.2, 0.25) is 0 Å². The van der Waals surface area contributed by atoms with Crippen LogP contribution >= 0.6 is 0 Å². The van der Waals surface area contributed by atoms with E-state index >= 15 is 0 Å². The van der Waals surface area contributed by atoms with Crippen molar-refractivity contribution < 1.29 is 35.9 Å². The summed E-state index contributed by atoms with van der Waals surface area (Å²) in [6, 6.07) is 9.16. The topological polar surface area (TPSA) is 84.9 Å². The van der Waals surface area contributed by atoms with Crippen LogP contribution in [0, 0.1) is 0 Å². The molecule has 1 heterocycles. The molecule has 11 heteroatoms. The molecule has 0 unspecified atom stereocenters. The first kappa shape index (κ1) is 22.9. The van der Waals surface area contributed by atoms with Gasteiger partial charge < -0.3 is 14.4 Å². The predicted octanol–water partition coefficient (Wildman–Crippen LogP) is 3.13. The highest BCUT2D eigenvalue weighted by atomic mass is 32.2. The Morgan fingerprint density at radius 1 is 1.13 bits per heavy atom. The van der Waals surface area contributed by atoms with Gasteiger partial charge in [-0.25, -0.2) is 8.42 Å². The van der Waals surface area contributed by atoms with Gasteiger partial charge in [0.05, 0.1) is 23.7 Å². The minimum absolute atomic E-state index is 0.163. The Kier molecular flexibility index (Phi) is 6.75. The summed E-state index contributed by atoms with van der Waals surface area (Å²) in [5, 5.41) is 0. The fourth-order valence-electron chi connectivity index (χ4n) is 2.97. The van der Waals surface area contributed by atoms with Crippen LogP contribution in [0.3, 0.4) is 0 Å². The largest absolute Gasteiger partial charge is 0.481 e. The summed E-state index contributed by atoms with van der Waals surface area (Å²) in [5.41, 5.74) is -1.17. The van der Waals surface area contributed by atoms with Gasteiger partial charge >= 0.3 is 6.18 Å². The number of halogens is 3. The Morgan fingerprint density at radius 2 is 1.77 bits per heavy atom. The first-order valence-electron chi connectivity index (χ1n) is 9.39. The van der Waals surface area contributed by atoms with Gasteiger partial charge in [-0.1, -0.05) is 6.07 Å².